The summed E-state index contributed by atoms with van der Waals surface area (Å²) in [5.41, 5.74) is 7.99. The number of nitriles is 1. The second kappa shape index (κ2) is 8.22. The number of hydrogen-bond donors (Lipinski definition) is 3. The lowest BCUT2D eigenvalue weighted by molar-refractivity contribution is 0.0925. The predicted molar refractivity (Wildman–Crippen MR) is 103 cm³/mol. The highest BCUT2D eigenvalue weighted by Crippen LogP contribution is 2.23. The van der Waals surface area contributed by atoms with Gasteiger partial charge in [0.15, 0.2) is 17.4 Å². The number of furan rings is 1. The number of carbonyl (C=O) groups excluding carboxylic acids is 2. The summed E-state index contributed by atoms with van der Waals surface area (Å²) in [6, 6.07) is 12.3. The van der Waals surface area contributed by atoms with Gasteiger partial charge in [-0.15, -0.1) is 0 Å². The van der Waals surface area contributed by atoms with E-state index in [1.165, 1.54) is 6.92 Å². The van der Waals surface area contributed by atoms with E-state index in [2.05, 4.69) is 15.5 Å². The Bertz CT molecular complexity index is 1040. The summed E-state index contributed by atoms with van der Waals surface area (Å²) in [7, 11) is 0. The fraction of sp³-hybridized carbons (Fsp3) is 0.200. The molecular weight excluding hydrogens is 358 g/mol. The van der Waals surface area contributed by atoms with Crippen molar-refractivity contribution in [2.45, 2.75) is 19.8 Å². The largest absolute Gasteiger partial charge is 0.451 e. The van der Waals surface area contributed by atoms with E-state index in [1.54, 1.807) is 36.4 Å². The monoisotopic (exact) mass is 377 g/mol. The number of Topliss-reactive ketones (excluding diaryl/α,β-unsaturated/α-hetero) is 1. The van der Waals surface area contributed by atoms with Crippen molar-refractivity contribution in [1.82, 2.24) is 15.5 Å². The van der Waals surface area contributed by atoms with E-state index in [4.69, 9.17) is 15.4 Å². The molecular formula is C20H19N5O3. The SMILES string of the molecule is CC(=O)c1ccc(-c2ccc(C(=O)NCCCc3[nH]nc(N)c3C#N)o2)cc1. The molecule has 3 aromatic rings. The van der Waals surface area contributed by atoms with Gasteiger partial charge in [-0.1, -0.05) is 24.3 Å². The molecule has 0 aliphatic heterocycles. The Labute approximate surface area is 161 Å². The van der Waals surface area contributed by atoms with E-state index in [9.17, 15) is 9.59 Å². The lowest BCUT2D eigenvalue weighted by Crippen LogP contribution is -2.24. The molecule has 8 heteroatoms. The first kappa shape index (κ1) is 18.9. The summed E-state index contributed by atoms with van der Waals surface area (Å²) in [5.74, 6) is 0.601. The average Bonchev–Trinajstić information content (AvgIpc) is 3.32. The molecule has 0 atom stereocenters. The van der Waals surface area contributed by atoms with E-state index >= 15 is 0 Å². The van der Waals surface area contributed by atoms with Gasteiger partial charge in [-0.25, -0.2) is 0 Å². The number of rotatable bonds is 7. The van der Waals surface area contributed by atoms with Gasteiger partial charge in [0.1, 0.15) is 17.4 Å². The smallest absolute Gasteiger partial charge is 0.287 e. The Balaban J connectivity index is 1.54. The standard InChI is InChI=1S/C20H19N5O3/c1-12(26)13-4-6-14(7-5-13)17-8-9-18(28-17)20(27)23-10-2-3-16-15(11-21)19(22)25-24-16/h4-9H,2-3,10H2,1H3,(H,23,27)(H3,22,24,25). The summed E-state index contributed by atoms with van der Waals surface area (Å²) < 4.78 is 5.61. The number of nitrogens with two attached hydrogens (primary N) is 1. The van der Waals surface area contributed by atoms with Gasteiger partial charge in [0.05, 0.1) is 5.69 Å². The number of nitrogens with zero attached hydrogens (tertiary/aromatic N) is 2. The van der Waals surface area contributed by atoms with E-state index in [0.29, 0.717) is 42.0 Å². The third-order valence-electron chi connectivity index (χ3n) is 4.28. The number of amides is 1. The van der Waals surface area contributed by atoms with Gasteiger partial charge in [0.2, 0.25) is 0 Å². The van der Waals surface area contributed by atoms with Gasteiger partial charge in [-0.2, -0.15) is 10.4 Å². The third-order valence-corrected chi connectivity index (χ3v) is 4.28. The molecule has 0 aliphatic carbocycles. The normalized spacial score (nSPS) is 10.4. The van der Waals surface area contributed by atoms with Crippen molar-refractivity contribution in [3.8, 4) is 17.4 Å². The molecule has 2 aromatic heterocycles. The number of carbonyl (C=O) groups is 2. The van der Waals surface area contributed by atoms with Crippen molar-refractivity contribution >= 4 is 17.5 Å². The van der Waals surface area contributed by atoms with Crippen molar-refractivity contribution < 1.29 is 14.0 Å². The van der Waals surface area contributed by atoms with Crippen LogP contribution >= 0.6 is 0 Å². The van der Waals surface area contributed by atoms with Crippen molar-refractivity contribution in [3.05, 3.63) is 59.0 Å². The number of anilines is 1. The summed E-state index contributed by atoms with van der Waals surface area (Å²) in [6.45, 7) is 1.92. The molecule has 4 N–H and O–H groups in total. The minimum Gasteiger partial charge on any atom is -0.451 e. The Morgan fingerprint density at radius 2 is 2.00 bits per heavy atom. The number of ketones is 1. The molecule has 1 aromatic carbocycles. The van der Waals surface area contributed by atoms with Crippen LogP contribution in [0, 0.1) is 11.3 Å². The number of aromatic amines is 1. The number of nitrogens with one attached hydrogen (secondary N) is 2. The van der Waals surface area contributed by atoms with Gasteiger partial charge in [-0.05, 0) is 31.9 Å². The van der Waals surface area contributed by atoms with Crippen molar-refractivity contribution in [2.75, 3.05) is 12.3 Å². The lowest BCUT2D eigenvalue weighted by Gasteiger charge is -2.03. The minimum atomic E-state index is -0.323. The number of benzene rings is 1. The average molecular weight is 377 g/mol. The van der Waals surface area contributed by atoms with Crippen LogP contribution in [0.2, 0.25) is 0 Å². The van der Waals surface area contributed by atoms with Crippen LogP contribution in [-0.4, -0.2) is 28.4 Å². The molecule has 8 nitrogen and oxygen atoms in total. The molecule has 0 bridgehead atoms. The fourth-order valence-electron chi connectivity index (χ4n) is 2.74. The zero-order valence-corrected chi connectivity index (χ0v) is 15.3. The van der Waals surface area contributed by atoms with Crippen LogP contribution in [0.1, 0.15) is 45.5 Å². The molecule has 2 heterocycles. The summed E-state index contributed by atoms with van der Waals surface area (Å²) in [5, 5.41) is 18.3. The molecule has 0 aliphatic rings. The number of aromatic nitrogens is 2. The van der Waals surface area contributed by atoms with E-state index in [1.807, 2.05) is 6.07 Å². The van der Waals surface area contributed by atoms with Crippen LogP contribution in [0.4, 0.5) is 5.82 Å². The number of hydrogen-bond acceptors (Lipinski definition) is 6. The molecule has 0 spiro atoms. The van der Waals surface area contributed by atoms with Gasteiger partial charge in [-0.3, -0.25) is 14.7 Å². The van der Waals surface area contributed by atoms with Crippen LogP contribution < -0.4 is 11.1 Å². The Hall–Kier alpha value is -3.86. The number of aryl methyl sites for hydroxylation is 1. The minimum absolute atomic E-state index is 0.00855. The maximum atomic E-state index is 12.2. The summed E-state index contributed by atoms with van der Waals surface area (Å²) in [6.07, 6.45) is 1.15. The molecule has 0 saturated heterocycles. The Kier molecular flexibility index (Phi) is 5.56. The van der Waals surface area contributed by atoms with Crippen molar-refractivity contribution in [3.63, 3.8) is 0 Å². The zero-order chi connectivity index (χ0) is 20.1. The topological polar surface area (TPSA) is 138 Å². The number of nitrogen functional groups attached to an aromatic ring is 1. The van der Waals surface area contributed by atoms with Gasteiger partial charge >= 0.3 is 0 Å². The third kappa shape index (κ3) is 4.10. The molecule has 28 heavy (non-hydrogen) atoms. The maximum absolute atomic E-state index is 12.2. The maximum Gasteiger partial charge on any atom is 0.287 e. The second-order valence-corrected chi connectivity index (χ2v) is 6.23. The molecule has 3 rings (SSSR count). The first-order chi connectivity index (χ1) is 13.5. The molecule has 0 radical (unpaired) electrons. The van der Waals surface area contributed by atoms with Crippen LogP contribution in [-0.2, 0) is 6.42 Å². The zero-order valence-electron chi connectivity index (χ0n) is 15.3. The van der Waals surface area contributed by atoms with Crippen molar-refractivity contribution in [1.29, 1.82) is 5.26 Å². The highest BCUT2D eigenvalue weighted by molar-refractivity contribution is 5.94. The van der Waals surface area contributed by atoms with Crippen LogP contribution in [0.5, 0.6) is 0 Å². The Morgan fingerprint density at radius 3 is 2.68 bits per heavy atom. The number of H-pyrrole nitrogens is 1. The van der Waals surface area contributed by atoms with Crippen molar-refractivity contribution in [2.24, 2.45) is 0 Å². The summed E-state index contributed by atoms with van der Waals surface area (Å²) in [4.78, 5) is 23.6. The molecule has 0 fully saturated rings. The van der Waals surface area contributed by atoms with Gasteiger partial charge < -0.3 is 15.5 Å². The lowest BCUT2D eigenvalue weighted by atomic mass is 10.1. The van der Waals surface area contributed by atoms with E-state index in [0.717, 1.165) is 5.56 Å². The first-order valence-electron chi connectivity index (χ1n) is 8.72. The van der Waals surface area contributed by atoms with Crippen LogP contribution in [0.15, 0.2) is 40.8 Å². The predicted octanol–water partition coefficient (Wildman–Crippen LogP) is 2.69. The first-order valence-corrected chi connectivity index (χ1v) is 8.72. The highest BCUT2D eigenvalue weighted by atomic mass is 16.3. The van der Waals surface area contributed by atoms with E-state index < -0.39 is 0 Å². The quantitative estimate of drug-likeness (QED) is 0.427. The molecule has 1 amide bonds. The molecule has 0 saturated carbocycles. The fourth-order valence-corrected chi connectivity index (χ4v) is 2.74. The highest BCUT2D eigenvalue weighted by Gasteiger charge is 2.13. The second-order valence-electron chi connectivity index (χ2n) is 6.23. The molecule has 0 unspecified atom stereocenters. The van der Waals surface area contributed by atoms with Crippen LogP contribution in [0.25, 0.3) is 11.3 Å². The Morgan fingerprint density at radius 1 is 1.25 bits per heavy atom. The van der Waals surface area contributed by atoms with Gasteiger partial charge in [0.25, 0.3) is 5.91 Å². The van der Waals surface area contributed by atoms with E-state index in [-0.39, 0.29) is 23.3 Å². The molecule has 142 valence electrons. The van der Waals surface area contributed by atoms with Crippen LogP contribution in [0.3, 0.4) is 0 Å². The summed E-state index contributed by atoms with van der Waals surface area (Å²) >= 11 is 0. The van der Waals surface area contributed by atoms with Gasteiger partial charge in [0, 0.05) is 17.7 Å².